The summed E-state index contributed by atoms with van der Waals surface area (Å²) in [7, 11) is 0. The van der Waals surface area contributed by atoms with Crippen molar-refractivity contribution in [3.05, 3.63) is 29.8 Å². The minimum atomic E-state index is -0.223. The Balaban J connectivity index is 1.76. The van der Waals surface area contributed by atoms with Crippen molar-refractivity contribution in [2.45, 2.75) is 43.1 Å². The molecule has 0 unspecified atom stereocenters. The molecule has 6 nitrogen and oxygen atoms in total. The summed E-state index contributed by atoms with van der Waals surface area (Å²) in [5.41, 5.74) is 2.02. The lowest BCUT2D eigenvalue weighted by Crippen LogP contribution is -2.32. The van der Waals surface area contributed by atoms with E-state index >= 15 is 0 Å². The number of amides is 1. The van der Waals surface area contributed by atoms with Gasteiger partial charge in [0.2, 0.25) is 11.1 Å². The quantitative estimate of drug-likeness (QED) is 0.852. The van der Waals surface area contributed by atoms with Crippen LogP contribution in [0.1, 0.15) is 25.3 Å². The summed E-state index contributed by atoms with van der Waals surface area (Å²) < 4.78 is 1.68. The molecule has 1 saturated carbocycles. The Kier molecular flexibility index (Phi) is 3.92. The summed E-state index contributed by atoms with van der Waals surface area (Å²) in [6, 6.07) is 8.26. The van der Waals surface area contributed by atoms with Crippen molar-refractivity contribution in [3.63, 3.8) is 0 Å². The van der Waals surface area contributed by atoms with Crippen LogP contribution in [0.3, 0.4) is 0 Å². The summed E-state index contributed by atoms with van der Waals surface area (Å²) in [4.78, 5) is 12.0. The van der Waals surface area contributed by atoms with E-state index in [1.807, 2.05) is 38.1 Å². The van der Waals surface area contributed by atoms with Crippen LogP contribution in [0.15, 0.2) is 29.4 Å². The zero-order chi connectivity index (χ0) is 14.8. The Morgan fingerprint density at radius 2 is 2.19 bits per heavy atom. The molecule has 1 amide bonds. The van der Waals surface area contributed by atoms with E-state index in [1.54, 1.807) is 4.68 Å². The molecule has 0 radical (unpaired) electrons. The van der Waals surface area contributed by atoms with Gasteiger partial charge in [0, 0.05) is 6.04 Å². The normalized spacial score (nSPS) is 15.7. The van der Waals surface area contributed by atoms with E-state index in [1.165, 1.54) is 11.8 Å². The fourth-order valence-electron chi connectivity index (χ4n) is 1.96. The number of hydrogen-bond donors (Lipinski definition) is 1. The van der Waals surface area contributed by atoms with Crippen LogP contribution in [-0.2, 0) is 4.79 Å². The van der Waals surface area contributed by atoms with E-state index in [0.717, 1.165) is 24.1 Å². The van der Waals surface area contributed by atoms with Crippen LogP contribution < -0.4 is 5.32 Å². The first kappa shape index (κ1) is 14.1. The standard InChI is InChI=1S/C14H17N5OS/c1-9-5-3-4-6-12(9)19-14(16-17-18-19)21-10(2)13(20)15-11-7-8-11/h3-6,10-11H,7-8H2,1-2H3,(H,15,20)/t10-/m0/s1. The maximum atomic E-state index is 12.0. The highest BCUT2D eigenvalue weighted by Crippen LogP contribution is 2.25. The van der Waals surface area contributed by atoms with E-state index in [0.29, 0.717) is 11.2 Å². The van der Waals surface area contributed by atoms with Gasteiger partial charge in [0.05, 0.1) is 10.9 Å². The fourth-order valence-corrected chi connectivity index (χ4v) is 2.77. The second-order valence-corrected chi connectivity index (χ2v) is 6.51. The number of carbonyl (C=O) groups excluding carboxylic acids is 1. The number of tetrazole rings is 1. The van der Waals surface area contributed by atoms with Crippen LogP contribution in [0, 0.1) is 6.92 Å². The average Bonchev–Trinajstić information content (AvgIpc) is 3.17. The summed E-state index contributed by atoms with van der Waals surface area (Å²) in [5, 5.41) is 15.2. The molecule has 0 spiro atoms. The van der Waals surface area contributed by atoms with Crippen molar-refractivity contribution in [1.82, 2.24) is 25.5 Å². The number of hydrogen-bond acceptors (Lipinski definition) is 5. The number of para-hydroxylation sites is 1. The Labute approximate surface area is 127 Å². The first-order valence-corrected chi connectivity index (χ1v) is 7.84. The number of nitrogens with zero attached hydrogens (tertiary/aromatic N) is 4. The number of aryl methyl sites for hydroxylation is 1. The number of benzene rings is 1. The van der Waals surface area contributed by atoms with Crippen LogP contribution in [0.4, 0.5) is 0 Å². The van der Waals surface area contributed by atoms with Gasteiger partial charge in [-0.05, 0) is 48.7 Å². The molecule has 1 atom stereocenters. The molecule has 1 heterocycles. The van der Waals surface area contributed by atoms with Crippen molar-refractivity contribution in [2.24, 2.45) is 0 Å². The average molecular weight is 303 g/mol. The number of carbonyl (C=O) groups is 1. The van der Waals surface area contributed by atoms with E-state index in [4.69, 9.17) is 0 Å². The molecule has 7 heteroatoms. The second kappa shape index (κ2) is 5.85. The highest BCUT2D eigenvalue weighted by atomic mass is 32.2. The molecule has 0 saturated heterocycles. The minimum Gasteiger partial charge on any atom is -0.352 e. The molecule has 21 heavy (non-hydrogen) atoms. The van der Waals surface area contributed by atoms with E-state index in [9.17, 15) is 4.79 Å². The maximum Gasteiger partial charge on any atom is 0.233 e. The molecule has 1 aromatic heterocycles. The van der Waals surface area contributed by atoms with Gasteiger partial charge in [0.25, 0.3) is 0 Å². The van der Waals surface area contributed by atoms with Crippen LogP contribution in [0.25, 0.3) is 5.69 Å². The highest BCUT2D eigenvalue weighted by molar-refractivity contribution is 8.00. The van der Waals surface area contributed by atoms with E-state index < -0.39 is 0 Å². The van der Waals surface area contributed by atoms with Gasteiger partial charge >= 0.3 is 0 Å². The zero-order valence-corrected chi connectivity index (χ0v) is 12.8. The maximum absolute atomic E-state index is 12.0. The Morgan fingerprint density at radius 1 is 1.43 bits per heavy atom. The SMILES string of the molecule is Cc1ccccc1-n1nnnc1S[C@@H](C)C(=O)NC1CC1. The first-order chi connectivity index (χ1) is 10.1. The monoisotopic (exact) mass is 303 g/mol. The molecule has 1 fully saturated rings. The van der Waals surface area contributed by atoms with Gasteiger partial charge in [-0.15, -0.1) is 5.10 Å². The highest BCUT2D eigenvalue weighted by Gasteiger charge is 2.27. The second-order valence-electron chi connectivity index (χ2n) is 5.20. The number of aromatic nitrogens is 4. The first-order valence-electron chi connectivity index (χ1n) is 6.96. The van der Waals surface area contributed by atoms with Crippen molar-refractivity contribution in [3.8, 4) is 5.69 Å². The van der Waals surface area contributed by atoms with Crippen LogP contribution >= 0.6 is 11.8 Å². The summed E-state index contributed by atoms with van der Waals surface area (Å²) >= 11 is 1.37. The lowest BCUT2D eigenvalue weighted by molar-refractivity contribution is -0.120. The molecular weight excluding hydrogens is 286 g/mol. The molecule has 3 rings (SSSR count). The summed E-state index contributed by atoms with van der Waals surface area (Å²) in [6.07, 6.45) is 2.17. The van der Waals surface area contributed by atoms with Gasteiger partial charge in [-0.3, -0.25) is 4.79 Å². The van der Waals surface area contributed by atoms with Gasteiger partial charge in [0.15, 0.2) is 0 Å². The molecule has 1 aliphatic rings. The van der Waals surface area contributed by atoms with Crippen molar-refractivity contribution in [2.75, 3.05) is 0 Å². The van der Waals surface area contributed by atoms with Gasteiger partial charge in [-0.1, -0.05) is 30.0 Å². The predicted molar refractivity (Wildman–Crippen MR) is 80.4 cm³/mol. The van der Waals surface area contributed by atoms with Crippen LogP contribution in [0.2, 0.25) is 0 Å². The molecule has 2 aromatic rings. The van der Waals surface area contributed by atoms with E-state index in [-0.39, 0.29) is 11.2 Å². The molecule has 1 N–H and O–H groups in total. The summed E-state index contributed by atoms with van der Waals surface area (Å²) in [6.45, 7) is 3.88. The van der Waals surface area contributed by atoms with Crippen molar-refractivity contribution in [1.29, 1.82) is 0 Å². The lowest BCUT2D eigenvalue weighted by Gasteiger charge is -2.11. The van der Waals surface area contributed by atoms with Crippen LogP contribution in [0.5, 0.6) is 0 Å². The topological polar surface area (TPSA) is 72.7 Å². The van der Waals surface area contributed by atoms with Crippen LogP contribution in [-0.4, -0.2) is 37.4 Å². The third-order valence-corrected chi connectivity index (χ3v) is 4.39. The van der Waals surface area contributed by atoms with E-state index in [2.05, 4.69) is 20.8 Å². The minimum absolute atomic E-state index is 0.0434. The van der Waals surface area contributed by atoms with Gasteiger partial charge in [0.1, 0.15) is 0 Å². The summed E-state index contributed by atoms with van der Waals surface area (Å²) in [5.74, 6) is 0.0434. The van der Waals surface area contributed by atoms with Crippen molar-refractivity contribution >= 4 is 17.7 Å². The molecule has 110 valence electrons. The molecule has 0 aliphatic heterocycles. The zero-order valence-electron chi connectivity index (χ0n) is 12.0. The molecule has 1 aliphatic carbocycles. The largest absolute Gasteiger partial charge is 0.352 e. The Bertz CT molecular complexity index is 652. The smallest absolute Gasteiger partial charge is 0.233 e. The Morgan fingerprint density at radius 3 is 2.90 bits per heavy atom. The third kappa shape index (κ3) is 3.24. The van der Waals surface area contributed by atoms with Gasteiger partial charge in [-0.25, -0.2) is 0 Å². The van der Waals surface area contributed by atoms with Gasteiger partial charge < -0.3 is 5.32 Å². The number of nitrogens with one attached hydrogen (secondary N) is 1. The fraction of sp³-hybridized carbons (Fsp3) is 0.429. The predicted octanol–water partition coefficient (Wildman–Crippen LogP) is 1.73. The molecule has 0 bridgehead atoms. The molecular formula is C14H17N5OS. The molecule has 1 aromatic carbocycles. The van der Waals surface area contributed by atoms with Crippen molar-refractivity contribution < 1.29 is 4.79 Å². The number of rotatable bonds is 5. The lowest BCUT2D eigenvalue weighted by atomic mass is 10.2. The number of thioether (sulfide) groups is 1. The Hall–Kier alpha value is -1.89. The van der Waals surface area contributed by atoms with Gasteiger partial charge in [-0.2, -0.15) is 4.68 Å². The third-order valence-electron chi connectivity index (χ3n) is 3.36.